The highest BCUT2D eigenvalue weighted by Crippen LogP contribution is 2.39. The number of benzene rings is 1. The van der Waals surface area contributed by atoms with Gasteiger partial charge in [0.05, 0.1) is 23.6 Å². The van der Waals surface area contributed by atoms with E-state index in [-0.39, 0.29) is 41.1 Å². The van der Waals surface area contributed by atoms with E-state index in [4.69, 9.17) is 10.5 Å². The molecule has 0 bridgehead atoms. The molecule has 4 rings (SSSR count). The van der Waals surface area contributed by atoms with Crippen LogP contribution in [0.1, 0.15) is 47.3 Å². The van der Waals surface area contributed by atoms with Crippen LogP contribution < -0.4 is 11.1 Å². The van der Waals surface area contributed by atoms with Crippen molar-refractivity contribution in [2.75, 3.05) is 12.4 Å². The van der Waals surface area contributed by atoms with Crippen molar-refractivity contribution < 1.29 is 18.3 Å². The Hall–Kier alpha value is -3.30. The molecule has 1 saturated carbocycles. The summed E-state index contributed by atoms with van der Waals surface area (Å²) in [6.07, 6.45) is 6.09. The highest BCUT2D eigenvalue weighted by Gasteiger charge is 2.35. The lowest BCUT2D eigenvalue weighted by Crippen LogP contribution is -2.45. The number of anilines is 1. The fourth-order valence-electron chi connectivity index (χ4n) is 4.80. The summed E-state index contributed by atoms with van der Waals surface area (Å²) in [6.45, 7) is 3.69. The van der Waals surface area contributed by atoms with Crippen LogP contribution in [0.4, 0.5) is 14.5 Å². The third-order valence-corrected chi connectivity index (χ3v) is 6.31. The lowest BCUT2D eigenvalue weighted by atomic mass is 9.74. The average Bonchev–Trinajstić information content (AvgIpc) is 2.79. The molecule has 3 aromatic rings. The third kappa shape index (κ3) is 4.80. The number of hydrogen-bond donors (Lipinski definition) is 2. The molecule has 2 aromatic heterocycles. The summed E-state index contributed by atoms with van der Waals surface area (Å²) in [5, 5.41) is 2.84. The molecule has 34 heavy (non-hydrogen) atoms. The van der Waals surface area contributed by atoms with Gasteiger partial charge in [-0.3, -0.25) is 9.78 Å². The number of aryl methyl sites for hydroxylation is 1. The lowest BCUT2D eigenvalue weighted by molar-refractivity contribution is 0.00983. The first-order valence-corrected chi connectivity index (χ1v) is 11.1. The second kappa shape index (κ2) is 9.90. The zero-order chi connectivity index (χ0) is 24.4. The normalized spacial score (nSPS) is 22.4. The molecule has 0 aliphatic heterocycles. The minimum absolute atomic E-state index is 0.0156. The van der Waals surface area contributed by atoms with Gasteiger partial charge in [-0.1, -0.05) is 6.92 Å². The van der Waals surface area contributed by atoms with Crippen LogP contribution in [-0.2, 0) is 4.74 Å². The molecule has 2 heterocycles. The Kier molecular flexibility index (Phi) is 6.95. The van der Waals surface area contributed by atoms with Gasteiger partial charge >= 0.3 is 0 Å². The molecule has 1 aliphatic rings. The number of nitrogens with two attached hydrogens (primary N) is 1. The van der Waals surface area contributed by atoms with Gasteiger partial charge in [-0.2, -0.15) is 0 Å². The van der Waals surface area contributed by atoms with Crippen molar-refractivity contribution in [3.05, 3.63) is 71.3 Å². The molecule has 4 atom stereocenters. The maximum atomic E-state index is 14.4. The fourth-order valence-corrected chi connectivity index (χ4v) is 4.80. The van der Waals surface area contributed by atoms with Crippen LogP contribution in [0.2, 0.25) is 0 Å². The van der Waals surface area contributed by atoms with Gasteiger partial charge in [0.1, 0.15) is 17.3 Å². The lowest BCUT2D eigenvalue weighted by Gasteiger charge is -2.38. The molecule has 0 saturated heterocycles. The number of carbonyl (C=O) groups excluding carboxylic acids is 1. The SMILES string of the molecule is CO[C@@H]1[C@H](N)C[C@H](c2ccncc2NC(=O)c2ccnc(-c3c(F)cc(C)cc3F)n2)C[C@@H]1C. The minimum Gasteiger partial charge on any atom is -0.380 e. The molecule has 3 N–H and O–H groups in total. The smallest absolute Gasteiger partial charge is 0.274 e. The summed E-state index contributed by atoms with van der Waals surface area (Å²) in [6, 6.07) is 5.52. The number of aromatic nitrogens is 3. The maximum absolute atomic E-state index is 14.4. The van der Waals surface area contributed by atoms with Crippen LogP contribution in [0, 0.1) is 24.5 Å². The van der Waals surface area contributed by atoms with Crippen molar-refractivity contribution >= 4 is 11.6 Å². The van der Waals surface area contributed by atoms with Crippen molar-refractivity contribution in [1.29, 1.82) is 0 Å². The summed E-state index contributed by atoms with van der Waals surface area (Å²) >= 11 is 0. The van der Waals surface area contributed by atoms with Crippen LogP contribution in [0.25, 0.3) is 11.4 Å². The summed E-state index contributed by atoms with van der Waals surface area (Å²) in [5.74, 6) is -1.95. The Morgan fingerprint density at radius 2 is 1.91 bits per heavy atom. The molecular weight excluding hydrogens is 440 g/mol. The predicted octanol–water partition coefficient (Wildman–Crippen LogP) is 4.23. The van der Waals surface area contributed by atoms with E-state index in [0.29, 0.717) is 17.7 Å². The molecule has 1 aliphatic carbocycles. The van der Waals surface area contributed by atoms with E-state index in [2.05, 4.69) is 27.2 Å². The molecule has 1 fully saturated rings. The van der Waals surface area contributed by atoms with Crippen molar-refractivity contribution in [2.24, 2.45) is 11.7 Å². The number of carbonyl (C=O) groups is 1. The molecule has 178 valence electrons. The second-order valence-electron chi connectivity index (χ2n) is 8.80. The standard InChI is InChI=1S/C25H27F2N5O2/c1-13-8-17(26)22(18(27)9-13)24-30-7-5-20(31-24)25(33)32-21-12-29-6-4-16(21)15-10-14(2)23(34-3)19(28)11-15/h4-9,12,14-15,19,23H,10-11,28H2,1-3H3,(H,32,33)/t14-,15+,19+,23-/m0/s1. The van der Waals surface area contributed by atoms with Crippen LogP contribution in [-0.4, -0.2) is 40.1 Å². The topological polar surface area (TPSA) is 103 Å². The van der Waals surface area contributed by atoms with Crippen molar-refractivity contribution in [3.63, 3.8) is 0 Å². The molecule has 0 radical (unpaired) electrons. The molecule has 1 aromatic carbocycles. The van der Waals surface area contributed by atoms with Crippen molar-refractivity contribution in [1.82, 2.24) is 15.0 Å². The first-order valence-electron chi connectivity index (χ1n) is 11.1. The summed E-state index contributed by atoms with van der Waals surface area (Å²) in [7, 11) is 1.67. The zero-order valence-corrected chi connectivity index (χ0v) is 19.3. The van der Waals surface area contributed by atoms with E-state index in [1.807, 2.05) is 6.07 Å². The van der Waals surface area contributed by atoms with Gasteiger partial charge in [0, 0.05) is 25.5 Å². The summed E-state index contributed by atoms with van der Waals surface area (Å²) < 4.78 is 34.4. The van der Waals surface area contributed by atoms with Crippen molar-refractivity contribution in [2.45, 2.75) is 44.8 Å². The van der Waals surface area contributed by atoms with Crippen LogP contribution in [0.3, 0.4) is 0 Å². The molecule has 1 amide bonds. The van der Waals surface area contributed by atoms with Gasteiger partial charge in [0.25, 0.3) is 5.91 Å². The van der Waals surface area contributed by atoms with Gasteiger partial charge in [0.15, 0.2) is 5.82 Å². The molecule has 0 unspecified atom stereocenters. The molecular formula is C25H27F2N5O2. The number of pyridine rings is 1. The quantitative estimate of drug-likeness (QED) is 0.582. The first-order chi connectivity index (χ1) is 16.3. The van der Waals surface area contributed by atoms with E-state index in [0.717, 1.165) is 12.0 Å². The third-order valence-electron chi connectivity index (χ3n) is 6.31. The van der Waals surface area contributed by atoms with Gasteiger partial charge in [-0.25, -0.2) is 18.7 Å². The van der Waals surface area contributed by atoms with E-state index < -0.39 is 17.5 Å². The average molecular weight is 468 g/mol. The number of nitrogens with zero attached hydrogens (tertiary/aromatic N) is 3. The minimum atomic E-state index is -0.790. The number of amides is 1. The maximum Gasteiger partial charge on any atom is 0.274 e. The predicted molar refractivity (Wildman–Crippen MR) is 124 cm³/mol. The Labute approximate surface area is 196 Å². The number of rotatable bonds is 5. The van der Waals surface area contributed by atoms with Crippen molar-refractivity contribution in [3.8, 4) is 11.4 Å². The summed E-state index contributed by atoms with van der Waals surface area (Å²) in [5.41, 5.74) is 7.85. The van der Waals surface area contributed by atoms with E-state index in [1.165, 1.54) is 24.4 Å². The van der Waals surface area contributed by atoms with Crippen LogP contribution in [0.15, 0.2) is 42.9 Å². The second-order valence-corrected chi connectivity index (χ2v) is 8.80. The molecule has 7 nitrogen and oxygen atoms in total. The molecule has 0 spiro atoms. The van der Waals surface area contributed by atoms with Crippen LogP contribution in [0.5, 0.6) is 0 Å². The number of nitrogens with one attached hydrogen (secondary N) is 1. The van der Waals surface area contributed by atoms with Gasteiger partial charge in [-0.15, -0.1) is 0 Å². The largest absolute Gasteiger partial charge is 0.380 e. The fraction of sp³-hybridized carbons (Fsp3) is 0.360. The molecule has 9 heteroatoms. The highest BCUT2D eigenvalue weighted by atomic mass is 19.1. The monoisotopic (exact) mass is 467 g/mol. The van der Waals surface area contributed by atoms with Gasteiger partial charge in [-0.05, 0) is 67.0 Å². The number of methoxy groups -OCH3 is 1. The van der Waals surface area contributed by atoms with E-state index in [1.54, 1.807) is 26.4 Å². The van der Waals surface area contributed by atoms with Crippen LogP contribution >= 0.6 is 0 Å². The summed E-state index contributed by atoms with van der Waals surface area (Å²) in [4.78, 5) is 25.3. The highest BCUT2D eigenvalue weighted by molar-refractivity contribution is 6.03. The number of ether oxygens (including phenoxy) is 1. The Morgan fingerprint density at radius 1 is 1.18 bits per heavy atom. The van der Waals surface area contributed by atoms with Gasteiger partial charge < -0.3 is 15.8 Å². The number of hydrogen-bond acceptors (Lipinski definition) is 6. The van der Waals surface area contributed by atoms with Gasteiger partial charge in [0.2, 0.25) is 0 Å². The van der Waals surface area contributed by atoms with E-state index in [9.17, 15) is 13.6 Å². The number of halogens is 2. The Bertz CT molecular complexity index is 1170. The first kappa shape index (κ1) is 23.8. The Morgan fingerprint density at radius 3 is 2.59 bits per heavy atom. The van der Waals surface area contributed by atoms with E-state index >= 15 is 0 Å². The Balaban J connectivity index is 1.59. The zero-order valence-electron chi connectivity index (χ0n) is 19.3.